The largest absolute Gasteiger partial charge is 0.463 e. The fourth-order valence-electron chi connectivity index (χ4n) is 1.89. The van der Waals surface area contributed by atoms with Gasteiger partial charge in [0.05, 0.1) is 34.3 Å². The van der Waals surface area contributed by atoms with E-state index in [0.29, 0.717) is 15.7 Å². The molecule has 5 nitrogen and oxygen atoms in total. The summed E-state index contributed by atoms with van der Waals surface area (Å²) in [5, 5.41) is 0.671. The number of halogens is 2. The number of carbonyl (C=O) groups excluding carboxylic acids is 2. The maximum Gasteiger partial charge on any atom is 0.338 e. The molecule has 20 heavy (non-hydrogen) atoms. The van der Waals surface area contributed by atoms with Gasteiger partial charge in [-0.3, -0.25) is 9.69 Å². The zero-order chi connectivity index (χ0) is 14.9. The quantitative estimate of drug-likeness (QED) is 0.870. The maximum atomic E-state index is 12.0. The lowest BCUT2D eigenvalue weighted by atomic mass is 10.2. The maximum absolute atomic E-state index is 12.0. The number of rotatable bonds is 3. The molecule has 1 aromatic rings. The Morgan fingerprint density at radius 3 is 2.70 bits per heavy atom. The highest BCUT2D eigenvalue weighted by Gasteiger charge is 2.34. The predicted octanol–water partition coefficient (Wildman–Crippen LogP) is 2.46. The third-order valence-electron chi connectivity index (χ3n) is 2.81. The second-order valence-corrected chi connectivity index (χ2v) is 4.90. The van der Waals surface area contributed by atoms with E-state index in [1.807, 2.05) is 0 Å². The molecule has 1 heterocycles. The molecule has 0 unspecified atom stereocenters. The first-order valence-electron chi connectivity index (χ1n) is 5.89. The Labute approximate surface area is 125 Å². The first-order valence-corrected chi connectivity index (χ1v) is 6.65. The average molecular weight is 315 g/mol. The lowest BCUT2D eigenvalue weighted by Crippen LogP contribution is -2.28. The Bertz CT molecular complexity index is 614. The van der Waals surface area contributed by atoms with E-state index in [-0.39, 0.29) is 30.3 Å². The third kappa shape index (κ3) is 2.59. The van der Waals surface area contributed by atoms with Crippen LogP contribution in [-0.4, -0.2) is 18.5 Å². The van der Waals surface area contributed by atoms with Crippen LogP contribution < -0.4 is 10.6 Å². The highest BCUT2D eigenvalue weighted by Crippen LogP contribution is 2.32. The van der Waals surface area contributed by atoms with Crippen LogP contribution in [0.1, 0.15) is 13.3 Å². The van der Waals surface area contributed by atoms with Gasteiger partial charge in [-0.1, -0.05) is 23.2 Å². The molecule has 2 N–H and O–H groups in total. The minimum Gasteiger partial charge on any atom is -0.463 e. The topological polar surface area (TPSA) is 72.6 Å². The molecule has 1 aromatic carbocycles. The number of nitrogens with two attached hydrogens (primary N) is 1. The van der Waals surface area contributed by atoms with Crippen LogP contribution in [0.15, 0.2) is 29.6 Å². The van der Waals surface area contributed by atoms with Crippen LogP contribution >= 0.6 is 23.2 Å². The van der Waals surface area contributed by atoms with Crippen LogP contribution in [0.5, 0.6) is 0 Å². The number of benzene rings is 1. The van der Waals surface area contributed by atoms with Crippen LogP contribution in [0.2, 0.25) is 10.0 Å². The summed E-state index contributed by atoms with van der Waals surface area (Å²) < 4.78 is 4.87. The number of hydrogen-bond donors (Lipinski definition) is 1. The Balaban J connectivity index is 2.38. The van der Waals surface area contributed by atoms with Crippen molar-refractivity contribution >= 4 is 40.8 Å². The Hall–Kier alpha value is -1.72. The van der Waals surface area contributed by atoms with E-state index < -0.39 is 5.97 Å². The van der Waals surface area contributed by atoms with Crippen molar-refractivity contribution in [1.29, 1.82) is 0 Å². The van der Waals surface area contributed by atoms with E-state index >= 15 is 0 Å². The van der Waals surface area contributed by atoms with E-state index in [1.165, 1.54) is 11.0 Å². The van der Waals surface area contributed by atoms with Crippen molar-refractivity contribution < 1.29 is 14.3 Å². The van der Waals surface area contributed by atoms with Gasteiger partial charge in [-0.15, -0.1) is 0 Å². The summed E-state index contributed by atoms with van der Waals surface area (Å²) >= 11 is 11.7. The van der Waals surface area contributed by atoms with Gasteiger partial charge in [-0.05, 0) is 25.1 Å². The zero-order valence-electron chi connectivity index (χ0n) is 10.7. The van der Waals surface area contributed by atoms with Crippen LogP contribution in [0, 0.1) is 0 Å². The Morgan fingerprint density at radius 2 is 2.10 bits per heavy atom. The van der Waals surface area contributed by atoms with E-state index in [1.54, 1.807) is 19.1 Å². The summed E-state index contributed by atoms with van der Waals surface area (Å²) in [4.78, 5) is 25.0. The number of hydrogen-bond acceptors (Lipinski definition) is 4. The lowest BCUT2D eigenvalue weighted by Gasteiger charge is -2.18. The van der Waals surface area contributed by atoms with Gasteiger partial charge in [0.1, 0.15) is 5.82 Å². The van der Waals surface area contributed by atoms with Gasteiger partial charge in [0.2, 0.25) is 5.91 Å². The van der Waals surface area contributed by atoms with Crippen LogP contribution in [0.3, 0.4) is 0 Å². The van der Waals surface area contributed by atoms with Gasteiger partial charge in [-0.25, -0.2) is 4.79 Å². The highest BCUT2D eigenvalue weighted by atomic mass is 35.5. The Kier molecular flexibility index (Phi) is 4.20. The summed E-state index contributed by atoms with van der Waals surface area (Å²) in [6.07, 6.45) is -0.0923. The number of ether oxygens (including phenoxy) is 1. The fourth-order valence-corrected chi connectivity index (χ4v) is 2.18. The molecule has 0 atom stereocenters. The molecule has 7 heteroatoms. The first-order chi connectivity index (χ1) is 9.45. The summed E-state index contributed by atoms with van der Waals surface area (Å²) in [6.45, 7) is 1.90. The number of esters is 1. The zero-order valence-corrected chi connectivity index (χ0v) is 12.2. The SMILES string of the molecule is CCOC(=O)C1=C(N)N(c2ccc(Cl)c(Cl)c2)C(=O)C1. The van der Waals surface area contributed by atoms with Crippen molar-refractivity contribution in [1.82, 2.24) is 0 Å². The minimum absolute atomic E-state index is 0.0619. The van der Waals surface area contributed by atoms with Crippen molar-refractivity contribution in [3.63, 3.8) is 0 Å². The predicted molar refractivity (Wildman–Crippen MR) is 76.4 cm³/mol. The van der Waals surface area contributed by atoms with Gasteiger partial charge in [0.25, 0.3) is 0 Å². The normalized spacial score (nSPS) is 14.9. The second kappa shape index (κ2) is 5.73. The molecule has 0 saturated heterocycles. The molecule has 1 aliphatic heterocycles. The Morgan fingerprint density at radius 1 is 1.40 bits per heavy atom. The molecule has 0 aliphatic carbocycles. The van der Waals surface area contributed by atoms with Gasteiger partial charge in [-0.2, -0.15) is 0 Å². The molecular weight excluding hydrogens is 303 g/mol. The van der Waals surface area contributed by atoms with E-state index in [0.717, 1.165) is 0 Å². The second-order valence-electron chi connectivity index (χ2n) is 4.09. The van der Waals surface area contributed by atoms with Gasteiger partial charge in [0.15, 0.2) is 0 Å². The average Bonchev–Trinajstić information content (AvgIpc) is 2.69. The molecule has 106 valence electrons. The standard InChI is InChI=1S/C13H12Cl2N2O3/c1-2-20-13(19)8-6-11(18)17(12(8)16)7-3-4-9(14)10(15)5-7/h3-5H,2,6,16H2,1H3. The molecule has 0 radical (unpaired) electrons. The first kappa shape index (κ1) is 14.7. The smallest absolute Gasteiger partial charge is 0.338 e. The van der Waals surface area contributed by atoms with Crippen molar-refractivity contribution in [2.75, 3.05) is 11.5 Å². The van der Waals surface area contributed by atoms with Gasteiger partial charge in [0, 0.05) is 0 Å². The number of anilines is 1. The summed E-state index contributed by atoms with van der Waals surface area (Å²) in [6, 6.07) is 4.68. The fraction of sp³-hybridized carbons (Fsp3) is 0.231. The number of carbonyl (C=O) groups is 2. The molecule has 2 rings (SSSR count). The molecule has 0 spiro atoms. The number of nitrogens with zero attached hydrogens (tertiary/aromatic N) is 1. The van der Waals surface area contributed by atoms with E-state index in [2.05, 4.69) is 0 Å². The van der Waals surface area contributed by atoms with Gasteiger partial charge >= 0.3 is 5.97 Å². The van der Waals surface area contributed by atoms with Crippen LogP contribution in [0.25, 0.3) is 0 Å². The van der Waals surface area contributed by atoms with Crippen molar-refractivity contribution in [2.45, 2.75) is 13.3 Å². The molecule has 0 saturated carbocycles. The van der Waals surface area contributed by atoms with Gasteiger partial charge < -0.3 is 10.5 Å². The molecule has 1 aliphatic rings. The summed E-state index contributed by atoms with van der Waals surface area (Å²) in [5.74, 6) is -0.836. The van der Waals surface area contributed by atoms with Crippen LogP contribution in [0.4, 0.5) is 5.69 Å². The lowest BCUT2D eigenvalue weighted by molar-refractivity contribution is -0.139. The minimum atomic E-state index is -0.582. The molecule has 0 fully saturated rings. The van der Waals surface area contributed by atoms with Crippen LogP contribution in [-0.2, 0) is 14.3 Å². The third-order valence-corrected chi connectivity index (χ3v) is 3.55. The molecular formula is C13H12Cl2N2O3. The summed E-state index contributed by atoms with van der Waals surface area (Å²) in [5.41, 5.74) is 6.49. The number of amides is 1. The van der Waals surface area contributed by atoms with E-state index in [4.69, 9.17) is 33.7 Å². The molecule has 0 bridgehead atoms. The molecule has 0 aromatic heterocycles. The van der Waals surface area contributed by atoms with Crippen molar-refractivity contribution in [3.8, 4) is 0 Å². The van der Waals surface area contributed by atoms with Crippen molar-refractivity contribution in [3.05, 3.63) is 39.6 Å². The highest BCUT2D eigenvalue weighted by molar-refractivity contribution is 6.42. The summed E-state index contributed by atoms with van der Waals surface area (Å²) in [7, 11) is 0. The molecule has 1 amide bonds. The monoisotopic (exact) mass is 314 g/mol. The van der Waals surface area contributed by atoms with E-state index in [9.17, 15) is 9.59 Å². The van der Waals surface area contributed by atoms with Crippen molar-refractivity contribution in [2.24, 2.45) is 5.73 Å².